The lowest BCUT2D eigenvalue weighted by atomic mass is 10.3. The number of anilines is 2. The van der Waals surface area contributed by atoms with Crippen LogP contribution in [0.1, 0.15) is 13.8 Å². The molecule has 0 aromatic carbocycles. The first-order valence-electron chi connectivity index (χ1n) is 7.61. The summed E-state index contributed by atoms with van der Waals surface area (Å²) in [4.78, 5) is 15.1. The minimum atomic E-state index is -4.63. The van der Waals surface area contributed by atoms with E-state index in [-0.39, 0.29) is 16.5 Å². The Hall–Kier alpha value is -2.35. The molecule has 2 rings (SSSR count). The molecule has 0 spiro atoms. The topological polar surface area (TPSA) is 95.9 Å². The van der Waals surface area contributed by atoms with Gasteiger partial charge < -0.3 is 15.2 Å². The number of alkyl halides is 6. The lowest BCUT2D eigenvalue weighted by Crippen LogP contribution is -2.35. The molecule has 3 N–H and O–H groups in total. The molecule has 0 aliphatic carbocycles. The van der Waals surface area contributed by atoms with Gasteiger partial charge in [-0.05, 0) is 26.0 Å². The molecule has 28 heavy (non-hydrogen) atoms. The van der Waals surface area contributed by atoms with Crippen molar-refractivity contribution in [3.8, 4) is 11.5 Å². The van der Waals surface area contributed by atoms with E-state index in [0.29, 0.717) is 12.0 Å². The maximum absolute atomic E-state index is 12.8. The second kappa shape index (κ2) is 8.34. The maximum Gasteiger partial charge on any atom is 0.408 e. The Morgan fingerprint density at radius 3 is 1.79 bits per heavy atom. The van der Waals surface area contributed by atoms with Gasteiger partial charge in [0.1, 0.15) is 22.8 Å². The number of pyridine rings is 1. The molecule has 0 radical (unpaired) electrons. The molecule has 0 saturated carbocycles. The third kappa shape index (κ3) is 5.82. The molecule has 0 amide bonds. The number of aromatic nitrogens is 4. The van der Waals surface area contributed by atoms with Gasteiger partial charge in [0.25, 0.3) is 0 Å². The predicted molar refractivity (Wildman–Crippen MR) is 89.8 cm³/mol. The van der Waals surface area contributed by atoms with E-state index in [1.807, 2.05) is 10.6 Å². The lowest BCUT2D eigenvalue weighted by Gasteiger charge is -2.20. The van der Waals surface area contributed by atoms with Gasteiger partial charge in [-0.1, -0.05) is 6.07 Å². The van der Waals surface area contributed by atoms with Gasteiger partial charge in [0.05, 0.1) is 0 Å². The Balaban J connectivity index is 2.45. The third-order valence-corrected chi connectivity index (χ3v) is 3.77. The number of nitrogens with zero attached hydrogens (tertiary/aromatic N) is 4. The summed E-state index contributed by atoms with van der Waals surface area (Å²) in [5, 5.41) is 4.10. The first kappa shape index (κ1) is 21.9. The highest BCUT2D eigenvalue weighted by Gasteiger charge is 2.38. The van der Waals surface area contributed by atoms with Gasteiger partial charge in [-0.3, -0.25) is 0 Å². The van der Waals surface area contributed by atoms with Gasteiger partial charge in [0.2, 0.25) is 11.9 Å². The molecule has 2 aromatic rings. The molecule has 0 fully saturated rings. The van der Waals surface area contributed by atoms with Crippen LogP contribution in [0.2, 0.25) is 0 Å². The lowest BCUT2D eigenvalue weighted by molar-refractivity contribution is -0.139. The average Bonchev–Trinajstić information content (AvgIpc) is 2.60. The normalized spacial score (nSPS) is 14.5. The molecule has 2 atom stereocenters. The van der Waals surface area contributed by atoms with Crippen LogP contribution in [0.15, 0.2) is 23.2 Å². The van der Waals surface area contributed by atoms with E-state index in [1.165, 1.54) is 18.2 Å². The van der Waals surface area contributed by atoms with Crippen LogP contribution in [-0.4, -0.2) is 48.9 Å². The fourth-order valence-corrected chi connectivity index (χ4v) is 2.04. The molecule has 0 unspecified atom stereocenters. The number of hydrogen-bond acceptors (Lipinski definition) is 8. The van der Waals surface area contributed by atoms with Crippen molar-refractivity contribution in [2.45, 2.75) is 43.3 Å². The van der Waals surface area contributed by atoms with Crippen LogP contribution in [0.25, 0.3) is 11.5 Å². The van der Waals surface area contributed by atoms with Crippen molar-refractivity contribution in [1.29, 1.82) is 0 Å². The molecule has 2 heterocycles. The molecule has 154 valence electrons. The summed E-state index contributed by atoms with van der Waals surface area (Å²) < 4.78 is 85.8. The zero-order valence-corrected chi connectivity index (χ0v) is 15.1. The van der Waals surface area contributed by atoms with Gasteiger partial charge in [0, 0.05) is 12.0 Å². The molecule has 2 aromatic heterocycles. The maximum atomic E-state index is 12.8. The number of nitrogens with one attached hydrogen (secondary N) is 2. The minimum absolute atomic E-state index is 0.0203. The van der Waals surface area contributed by atoms with E-state index in [2.05, 4.69) is 19.9 Å². The number of hydrogen-bond donors (Lipinski definition) is 3. The quantitative estimate of drug-likeness (QED) is 0.465. The molecule has 0 aliphatic rings. The van der Waals surface area contributed by atoms with Crippen LogP contribution in [0.5, 0.6) is 0 Å². The van der Waals surface area contributed by atoms with Gasteiger partial charge in [-0.2, -0.15) is 41.3 Å². The van der Waals surface area contributed by atoms with Crippen LogP contribution in [0.4, 0.5) is 38.2 Å². The van der Waals surface area contributed by atoms with Crippen LogP contribution in [0.3, 0.4) is 0 Å². The van der Waals surface area contributed by atoms with Crippen LogP contribution >= 0.6 is 12.0 Å². The zero-order chi connectivity index (χ0) is 21.1. The van der Waals surface area contributed by atoms with Crippen molar-refractivity contribution < 1.29 is 30.9 Å². The molecule has 0 aliphatic heterocycles. The van der Waals surface area contributed by atoms with Crippen molar-refractivity contribution in [2.24, 2.45) is 0 Å². The molecule has 7 nitrogen and oxygen atoms in total. The summed E-state index contributed by atoms with van der Waals surface area (Å²) in [6.45, 7) is 1.60. The SMILES string of the molecule is C[C@@H](Nc1nc(N[C@H](C)C(F)(F)F)nc(-c2cccc(SO)n2)n1)C(F)(F)F. The third-order valence-electron chi connectivity index (χ3n) is 3.35. The van der Waals surface area contributed by atoms with Gasteiger partial charge in [0.15, 0.2) is 5.82 Å². The summed E-state index contributed by atoms with van der Waals surface area (Å²) in [6, 6.07) is 0.140. The summed E-state index contributed by atoms with van der Waals surface area (Å²) in [7, 11) is 0. The van der Waals surface area contributed by atoms with E-state index in [4.69, 9.17) is 4.55 Å². The first-order chi connectivity index (χ1) is 12.9. The molecular weight excluding hydrogens is 414 g/mol. The Bertz CT molecular complexity index is 777. The Morgan fingerprint density at radius 2 is 1.36 bits per heavy atom. The van der Waals surface area contributed by atoms with Gasteiger partial charge in [-0.15, -0.1) is 0 Å². The Kier molecular flexibility index (Phi) is 6.54. The second-order valence-electron chi connectivity index (χ2n) is 5.57. The van der Waals surface area contributed by atoms with E-state index < -0.39 is 36.3 Å². The number of rotatable bonds is 6. The molecule has 0 bridgehead atoms. The van der Waals surface area contributed by atoms with Crippen LogP contribution < -0.4 is 10.6 Å². The summed E-state index contributed by atoms with van der Waals surface area (Å²) in [5.74, 6) is -1.45. The summed E-state index contributed by atoms with van der Waals surface area (Å²) >= 11 is 0.303. The predicted octanol–water partition coefficient (Wildman–Crippen LogP) is 4.22. The van der Waals surface area contributed by atoms with Crippen molar-refractivity contribution in [3.63, 3.8) is 0 Å². The van der Waals surface area contributed by atoms with Crippen LogP contribution in [-0.2, 0) is 0 Å². The highest BCUT2D eigenvalue weighted by Crippen LogP contribution is 2.26. The minimum Gasteiger partial charge on any atom is -0.343 e. The Morgan fingerprint density at radius 1 is 0.857 bits per heavy atom. The van der Waals surface area contributed by atoms with Crippen molar-refractivity contribution in [2.75, 3.05) is 10.6 Å². The van der Waals surface area contributed by atoms with Crippen molar-refractivity contribution >= 4 is 23.9 Å². The standard InChI is InChI=1S/C14H14F6N6OS/c1-6(13(15,16)17)21-11-24-10(8-4-3-5-9(23-8)28-27)25-12(26-11)22-7(2)14(18,19)20/h3-7,27H,1-2H3,(H2,21,22,24,25,26)/t6-,7-/m1/s1. The largest absolute Gasteiger partial charge is 0.408 e. The van der Waals surface area contributed by atoms with Gasteiger partial charge >= 0.3 is 12.4 Å². The fraction of sp³-hybridized carbons (Fsp3) is 0.429. The van der Waals surface area contributed by atoms with E-state index in [0.717, 1.165) is 13.8 Å². The Labute approximate surface area is 159 Å². The van der Waals surface area contributed by atoms with E-state index >= 15 is 0 Å². The van der Waals surface area contributed by atoms with Crippen molar-refractivity contribution in [1.82, 2.24) is 19.9 Å². The second-order valence-corrected chi connectivity index (χ2v) is 6.17. The molecule has 0 saturated heterocycles. The van der Waals surface area contributed by atoms with Gasteiger partial charge in [-0.25, -0.2) is 4.98 Å². The van der Waals surface area contributed by atoms with Crippen molar-refractivity contribution in [3.05, 3.63) is 18.2 Å². The number of halogens is 6. The average molecular weight is 428 g/mol. The monoisotopic (exact) mass is 428 g/mol. The molecule has 14 heteroatoms. The first-order valence-corrected chi connectivity index (χ1v) is 8.39. The van der Waals surface area contributed by atoms with E-state index in [9.17, 15) is 26.3 Å². The summed E-state index contributed by atoms with van der Waals surface area (Å²) in [5.41, 5.74) is 0.0203. The smallest absolute Gasteiger partial charge is 0.343 e. The highest BCUT2D eigenvalue weighted by molar-refractivity contribution is 7.93. The summed E-state index contributed by atoms with van der Waals surface area (Å²) in [6.07, 6.45) is -9.27. The molecular formula is C14H14F6N6OS. The highest BCUT2D eigenvalue weighted by atomic mass is 32.2. The van der Waals surface area contributed by atoms with E-state index in [1.54, 1.807) is 0 Å². The zero-order valence-electron chi connectivity index (χ0n) is 14.3. The van der Waals surface area contributed by atoms with Crippen LogP contribution in [0, 0.1) is 0 Å². The fourth-order valence-electron chi connectivity index (χ4n) is 1.76.